The molecule has 0 aromatic carbocycles. The van der Waals surface area contributed by atoms with E-state index in [1.54, 1.807) is 0 Å². The molecule has 0 aromatic heterocycles. The molecule has 1 aliphatic carbocycles. The van der Waals surface area contributed by atoms with Gasteiger partial charge in [-0.15, -0.1) is 0 Å². The summed E-state index contributed by atoms with van der Waals surface area (Å²) in [6.07, 6.45) is 14.6. The van der Waals surface area contributed by atoms with E-state index in [2.05, 4.69) is 13.8 Å². The molecule has 0 spiro atoms. The van der Waals surface area contributed by atoms with Crippen LogP contribution in [0, 0.1) is 11.3 Å². The minimum Gasteiger partial charge on any atom is -0.378 e. The maximum Gasteiger partial charge on any atom is 0.0632 e. The highest BCUT2D eigenvalue weighted by Crippen LogP contribution is 2.45. The fourth-order valence-electron chi connectivity index (χ4n) is 3.74. The second kappa shape index (κ2) is 6.22. The van der Waals surface area contributed by atoms with E-state index in [9.17, 15) is 0 Å². The van der Waals surface area contributed by atoms with Crippen molar-refractivity contribution in [3.63, 3.8) is 0 Å². The molecular weight excluding hydrogens is 208 g/mol. The Labute approximate surface area is 107 Å². The zero-order valence-electron chi connectivity index (χ0n) is 11.8. The molecule has 0 radical (unpaired) electrons. The third-order valence-electron chi connectivity index (χ3n) is 5.42. The van der Waals surface area contributed by atoms with E-state index in [0.717, 1.165) is 12.5 Å². The van der Waals surface area contributed by atoms with Gasteiger partial charge in [0.2, 0.25) is 0 Å². The van der Waals surface area contributed by atoms with Crippen LogP contribution in [0.1, 0.15) is 78.1 Å². The van der Waals surface area contributed by atoms with Gasteiger partial charge in [0.05, 0.1) is 6.10 Å². The predicted molar refractivity (Wildman–Crippen MR) is 73.2 cm³/mol. The van der Waals surface area contributed by atoms with Gasteiger partial charge >= 0.3 is 0 Å². The number of fused-ring (bicyclic) bond motifs is 1. The van der Waals surface area contributed by atoms with Crippen molar-refractivity contribution in [1.82, 2.24) is 0 Å². The normalized spacial score (nSPS) is 41.3. The predicted octanol–water partition coefficient (Wildman–Crippen LogP) is 4.94. The monoisotopic (exact) mass is 238 g/mol. The van der Waals surface area contributed by atoms with Crippen molar-refractivity contribution < 1.29 is 4.74 Å². The largest absolute Gasteiger partial charge is 0.378 e. The van der Waals surface area contributed by atoms with E-state index in [4.69, 9.17) is 4.74 Å². The van der Waals surface area contributed by atoms with Crippen LogP contribution in [0.5, 0.6) is 0 Å². The average molecular weight is 238 g/mol. The van der Waals surface area contributed by atoms with Crippen molar-refractivity contribution in [1.29, 1.82) is 0 Å². The molecule has 1 aliphatic heterocycles. The summed E-state index contributed by atoms with van der Waals surface area (Å²) in [7, 11) is 0. The van der Waals surface area contributed by atoms with Crippen molar-refractivity contribution in [2.75, 3.05) is 6.61 Å². The molecule has 3 atom stereocenters. The van der Waals surface area contributed by atoms with Gasteiger partial charge in [0, 0.05) is 6.61 Å². The van der Waals surface area contributed by atoms with E-state index in [0.29, 0.717) is 11.5 Å². The number of ether oxygens (including phenoxy) is 1. The molecule has 1 nitrogen and oxygen atoms in total. The van der Waals surface area contributed by atoms with Crippen molar-refractivity contribution in [2.45, 2.75) is 84.2 Å². The molecule has 100 valence electrons. The lowest BCUT2D eigenvalue weighted by Gasteiger charge is -2.36. The minimum atomic E-state index is 0.471. The lowest BCUT2D eigenvalue weighted by molar-refractivity contribution is 0.0187. The van der Waals surface area contributed by atoms with Crippen LogP contribution >= 0.6 is 0 Å². The summed E-state index contributed by atoms with van der Waals surface area (Å²) in [5.74, 6) is 0.842. The SMILES string of the molecule is CC1CCCCCCCCCC2OCCC12C. The zero-order chi connectivity index (χ0) is 12.1. The quantitative estimate of drug-likeness (QED) is 0.580. The average Bonchev–Trinajstić information content (AvgIpc) is 2.68. The first kappa shape index (κ1) is 13.4. The van der Waals surface area contributed by atoms with Gasteiger partial charge in [-0.3, -0.25) is 0 Å². The van der Waals surface area contributed by atoms with E-state index in [-0.39, 0.29) is 0 Å². The minimum absolute atomic E-state index is 0.471. The van der Waals surface area contributed by atoms with Crippen molar-refractivity contribution in [3.05, 3.63) is 0 Å². The third kappa shape index (κ3) is 3.24. The summed E-state index contributed by atoms with van der Waals surface area (Å²) < 4.78 is 6.03. The van der Waals surface area contributed by atoms with Crippen LogP contribution in [-0.2, 0) is 4.74 Å². The molecule has 0 aromatic rings. The van der Waals surface area contributed by atoms with Crippen LogP contribution in [0.4, 0.5) is 0 Å². The first-order valence-electron chi connectivity index (χ1n) is 7.85. The molecule has 0 bridgehead atoms. The van der Waals surface area contributed by atoms with Crippen LogP contribution in [0.3, 0.4) is 0 Å². The molecule has 1 saturated carbocycles. The van der Waals surface area contributed by atoms with Gasteiger partial charge < -0.3 is 4.74 Å². The van der Waals surface area contributed by atoms with Gasteiger partial charge in [0.1, 0.15) is 0 Å². The highest BCUT2D eigenvalue weighted by atomic mass is 16.5. The molecule has 0 N–H and O–H groups in total. The second-order valence-corrected chi connectivity index (χ2v) is 6.57. The maximum absolute atomic E-state index is 6.03. The summed E-state index contributed by atoms with van der Waals surface area (Å²) >= 11 is 0. The van der Waals surface area contributed by atoms with Crippen molar-refractivity contribution in [3.8, 4) is 0 Å². The van der Waals surface area contributed by atoms with Crippen LogP contribution in [-0.4, -0.2) is 12.7 Å². The summed E-state index contributed by atoms with van der Waals surface area (Å²) in [6, 6.07) is 0. The lowest BCUT2D eigenvalue weighted by atomic mass is 9.69. The zero-order valence-corrected chi connectivity index (χ0v) is 11.8. The Morgan fingerprint density at radius 1 is 0.882 bits per heavy atom. The highest BCUT2D eigenvalue weighted by Gasteiger charge is 2.43. The fourth-order valence-corrected chi connectivity index (χ4v) is 3.74. The third-order valence-corrected chi connectivity index (χ3v) is 5.42. The Bertz CT molecular complexity index is 226. The summed E-state index contributed by atoms with van der Waals surface area (Å²) in [6.45, 7) is 5.96. The summed E-state index contributed by atoms with van der Waals surface area (Å²) in [5.41, 5.74) is 0.471. The van der Waals surface area contributed by atoms with Gasteiger partial charge in [-0.05, 0) is 24.2 Å². The molecule has 2 aliphatic rings. The molecule has 0 amide bonds. The standard InChI is InChI=1S/C16H30O/c1-14-10-8-6-4-3-5-7-9-11-15-16(14,2)12-13-17-15/h14-15H,3-13H2,1-2H3. The molecule has 1 heterocycles. The second-order valence-electron chi connectivity index (χ2n) is 6.57. The lowest BCUT2D eigenvalue weighted by Crippen LogP contribution is -2.34. The number of hydrogen-bond donors (Lipinski definition) is 0. The van der Waals surface area contributed by atoms with Gasteiger partial charge in [-0.1, -0.05) is 65.2 Å². The van der Waals surface area contributed by atoms with Crippen LogP contribution < -0.4 is 0 Å². The smallest absolute Gasteiger partial charge is 0.0632 e. The van der Waals surface area contributed by atoms with Crippen LogP contribution in [0.15, 0.2) is 0 Å². The van der Waals surface area contributed by atoms with Gasteiger partial charge in [0.15, 0.2) is 0 Å². The Morgan fingerprint density at radius 2 is 1.47 bits per heavy atom. The van der Waals surface area contributed by atoms with E-state index in [1.165, 1.54) is 64.2 Å². The Kier molecular flexibility index (Phi) is 4.90. The molecule has 2 rings (SSSR count). The van der Waals surface area contributed by atoms with Gasteiger partial charge in [-0.2, -0.15) is 0 Å². The molecular formula is C16H30O. The number of rotatable bonds is 0. The fraction of sp³-hybridized carbons (Fsp3) is 1.00. The molecule has 2 fully saturated rings. The summed E-state index contributed by atoms with van der Waals surface area (Å²) in [5, 5.41) is 0. The van der Waals surface area contributed by atoms with Crippen LogP contribution in [0.25, 0.3) is 0 Å². The van der Waals surface area contributed by atoms with E-state index in [1.807, 2.05) is 0 Å². The summed E-state index contributed by atoms with van der Waals surface area (Å²) in [4.78, 5) is 0. The van der Waals surface area contributed by atoms with E-state index < -0.39 is 0 Å². The highest BCUT2D eigenvalue weighted by molar-refractivity contribution is 4.91. The first-order chi connectivity index (χ1) is 8.23. The Hall–Kier alpha value is -0.0400. The topological polar surface area (TPSA) is 9.23 Å². The van der Waals surface area contributed by atoms with Crippen LogP contribution in [0.2, 0.25) is 0 Å². The van der Waals surface area contributed by atoms with E-state index >= 15 is 0 Å². The maximum atomic E-state index is 6.03. The first-order valence-corrected chi connectivity index (χ1v) is 7.85. The number of hydrogen-bond acceptors (Lipinski definition) is 1. The van der Waals surface area contributed by atoms with Gasteiger partial charge in [-0.25, -0.2) is 0 Å². The van der Waals surface area contributed by atoms with Crippen molar-refractivity contribution >= 4 is 0 Å². The van der Waals surface area contributed by atoms with Crippen molar-refractivity contribution in [2.24, 2.45) is 11.3 Å². The molecule has 3 unspecified atom stereocenters. The molecule has 1 saturated heterocycles. The molecule has 17 heavy (non-hydrogen) atoms. The molecule has 1 heteroatoms. The Balaban J connectivity index is 1.97. The Morgan fingerprint density at radius 3 is 2.18 bits per heavy atom. The van der Waals surface area contributed by atoms with Gasteiger partial charge in [0.25, 0.3) is 0 Å².